The van der Waals surface area contributed by atoms with Crippen molar-refractivity contribution in [3.63, 3.8) is 0 Å². The molecule has 0 radical (unpaired) electrons. The van der Waals surface area contributed by atoms with Crippen molar-refractivity contribution in [1.29, 1.82) is 0 Å². The van der Waals surface area contributed by atoms with Gasteiger partial charge in [-0.25, -0.2) is 0 Å². The second-order valence-electron chi connectivity index (χ2n) is 2.94. The lowest BCUT2D eigenvalue weighted by molar-refractivity contribution is -0.142. The van der Waals surface area contributed by atoms with Crippen LogP contribution in [0.2, 0.25) is 0 Å². The van der Waals surface area contributed by atoms with Gasteiger partial charge in [-0.15, -0.1) is 0 Å². The van der Waals surface area contributed by atoms with Gasteiger partial charge in [0.25, 0.3) is 0 Å². The summed E-state index contributed by atoms with van der Waals surface area (Å²) in [6.07, 6.45) is 0.478. The average Bonchev–Trinajstić information content (AvgIpc) is 2.11. The van der Waals surface area contributed by atoms with E-state index in [1.54, 1.807) is 11.8 Å². The van der Waals surface area contributed by atoms with Crippen LogP contribution in [-0.2, 0) is 4.79 Å². The fourth-order valence-corrected chi connectivity index (χ4v) is 2.60. The van der Waals surface area contributed by atoms with Crippen molar-refractivity contribution < 1.29 is 15.0 Å². The molecule has 1 aliphatic heterocycles. The Morgan fingerprint density at radius 1 is 1.82 bits per heavy atom. The number of hydrogen-bond donors (Lipinski definition) is 2. The monoisotopic (exact) mass is 176 g/mol. The van der Waals surface area contributed by atoms with E-state index < -0.39 is 11.6 Å². The van der Waals surface area contributed by atoms with Crippen LogP contribution in [0.25, 0.3) is 0 Å². The van der Waals surface area contributed by atoms with E-state index in [2.05, 4.69) is 0 Å². The van der Waals surface area contributed by atoms with E-state index in [1.807, 2.05) is 6.92 Å². The minimum Gasteiger partial charge on any atom is -0.481 e. The van der Waals surface area contributed by atoms with Crippen molar-refractivity contribution in [1.82, 2.24) is 0 Å². The molecular formula is C7H12O3S. The molecule has 0 aromatic carbocycles. The highest BCUT2D eigenvalue weighted by atomic mass is 32.2. The third-order valence-electron chi connectivity index (χ3n) is 2.12. The van der Waals surface area contributed by atoms with Gasteiger partial charge in [0.2, 0.25) is 0 Å². The van der Waals surface area contributed by atoms with Crippen LogP contribution in [0.3, 0.4) is 0 Å². The molecule has 3 nitrogen and oxygen atoms in total. The number of hydrogen-bond acceptors (Lipinski definition) is 3. The maximum absolute atomic E-state index is 10.3. The second kappa shape index (κ2) is 3.03. The van der Waals surface area contributed by atoms with Gasteiger partial charge in [-0.05, 0) is 12.2 Å². The van der Waals surface area contributed by atoms with Gasteiger partial charge in [0.1, 0.15) is 0 Å². The quantitative estimate of drug-likeness (QED) is 0.651. The summed E-state index contributed by atoms with van der Waals surface area (Å²) in [5.41, 5.74) is -0.962. The number of carboxylic acid groups (broad SMARTS) is 1. The Morgan fingerprint density at radius 3 is 2.82 bits per heavy atom. The second-order valence-corrected chi connectivity index (χ2v) is 4.39. The van der Waals surface area contributed by atoms with Gasteiger partial charge in [-0.3, -0.25) is 4.79 Å². The van der Waals surface area contributed by atoms with Gasteiger partial charge in [-0.2, -0.15) is 11.8 Å². The number of carbonyl (C=O) groups is 1. The summed E-state index contributed by atoms with van der Waals surface area (Å²) in [5, 5.41) is 18.3. The number of aliphatic carboxylic acids is 1. The largest absolute Gasteiger partial charge is 0.481 e. The highest BCUT2D eigenvalue weighted by Gasteiger charge is 2.40. The standard InChI is InChI=1S/C7H12O3S/c1-5-7(10,2-3-11-5)4-6(8)9/h5,10H,2-4H2,1H3,(H,8,9). The molecule has 1 fully saturated rings. The molecule has 4 heteroatoms. The van der Waals surface area contributed by atoms with Crippen molar-refractivity contribution in [2.24, 2.45) is 0 Å². The Labute approximate surface area is 69.8 Å². The van der Waals surface area contributed by atoms with Gasteiger partial charge in [0, 0.05) is 5.25 Å². The lowest BCUT2D eigenvalue weighted by Gasteiger charge is -2.24. The van der Waals surface area contributed by atoms with E-state index in [9.17, 15) is 9.90 Å². The van der Waals surface area contributed by atoms with E-state index in [-0.39, 0.29) is 11.7 Å². The Hall–Kier alpha value is -0.220. The molecule has 2 unspecified atom stereocenters. The lowest BCUT2D eigenvalue weighted by atomic mass is 9.94. The molecule has 1 aliphatic rings. The molecule has 0 spiro atoms. The van der Waals surface area contributed by atoms with E-state index >= 15 is 0 Å². The molecule has 2 N–H and O–H groups in total. The summed E-state index contributed by atoms with van der Waals surface area (Å²) < 4.78 is 0. The van der Waals surface area contributed by atoms with Gasteiger partial charge >= 0.3 is 5.97 Å². The molecular weight excluding hydrogens is 164 g/mol. The van der Waals surface area contributed by atoms with Crippen LogP contribution in [0.5, 0.6) is 0 Å². The molecule has 0 saturated carbocycles. The van der Waals surface area contributed by atoms with Gasteiger partial charge < -0.3 is 10.2 Å². The molecule has 0 bridgehead atoms. The first-order chi connectivity index (χ1) is 5.04. The zero-order chi connectivity index (χ0) is 8.48. The summed E-state index contributed by atoms with van der Waals surface area (Å²) in [4.78, 5) is 10.3. The van der Waals surface area contributed by atoms with Gasteiger partial charge in [0.15, 0.2) is 0 Å². The first kappa shape index (κ1) is 8.87. The van der Waals surface area contributed by atoms with Crippen molar-refractivity contribution in [2.75, 3.05) is 5.75 Å². The minimum atomic E-state index is -0.962. The fourth-order valence-electron chi connectivity index (χ4n) is 1.26. The molecule has 11 heavy (non-hydrogen) atoms. The van der Waals surface area contributed by atoms with Crippen LogP contribution in [-0.4, -0.2) is 32.8 Å². The third-order valence-corrected chi connectivity index (χ3v) is 3.50. The molecule has 64 valence electrons. The average molecular weight is 176 g/mol. The normalized spacial score (nSPS) is 37.5. The van der Waals surface area contributed by atoms with E-state index in [0.717, 1.165) is 5.75 Å². The molecule has 0 aromatic heterocycles. The highest BCUT2D eigenvalue weighted by Crippen LogP contribution is 2.37. The maximum Gasteiger partial charge on any atom is 0.306 e. The molecule has 2 atom stereocenters. The van der Waals surface area contributed by atoms with E-state index in [4.69, 9.17) is 5.11 Å². The number of aliphatic hydroxyl groups is 1. The summed E-state index contributed by atoms with van der Waals surface area (Å²) in [6.45, 7) is 1.88. The zero-order valence-electron chi connectivity index (χ0n) is 6.41. The van der Waals surface area contributed by atoms with Crippen molar-refractivity contribution in [3.05, 3.63) is 0 Å². The lowest BCUT2D eigenvalue weighted by Crippen LogP contribution is -2.36. The summed E-state index contributed by atoms with van der Waals surface area (Å²) in [7, 11) is 0. The number of rotatable bonds is 2. The molecule has 1 rings (SSSR count). The van der Waals surface area contributed by atoms with E-state index in [0.29, 0.717) is 6.42 Å². The molecule has 1 saturated heterocycles. The Morgan fingerprint density at radius 2 is 2.45 bits per heavy atom. The van der Waals surface area contributed by atoms with Crippen LogP contribution >= 0.6 is 11.8 Å². The summed E-state index contributed by atoms with van der Waals surface area (Å²) >= 11 is 1.63. The number of thioether (sulfide) groups is 1. The van der Waals surface area contributed by atoms with Crippen LogP contribution in [0.15, 0.2) is 0 Å². The first-order valence-corrected chi connectivity index (χ1v) is 4.65. The van der Waals surface area contributed by atoms with Gasteiger partial charge in [0.05, 0.1) is 12.0 Å². The van der Waals surface area contributed by atoms with Gasteiger partial charge in [-0.1, -0.05) is 6.92 Å². The Balaban J connectivity index is 2.58. The smallest absolute Gasteiger partial charge is 0.306 e. The SMILES string of the molecule is CC1SCCC1(O)CC(=O)O. The Bertz CT molecular complexity index is 171. The van der Waals surface area contributed by atoms with E-state index in [1.165, 1.54) is 0 Å². The van der Waals surface area contributed by atoms with Crippen LogP contribution in [0, 0.1) is 0 Å². The first-order valence-electron chi connectivity index (χ1n) is 3.60. The summed E-state index contributed by atoms with van der Waals surface area (Å²) in [5.74, 6) is -0.0489. The number of carboxylic acids is 1. The predicted molar refractivity (Wildman–Crippen MR) is 43.7 cm³/mol. The zero-order valence-corrected chi connectivity index (χ0v) is 7.23. The van der Waals surface area contributed by atoms with Crippen molar-refractivity contribution in [3.8, 4) is 0 Å². The van der Waals surface area contributed by atoms with Crippen molar-refractivity contribution >= 4 is 17.7 Å². The molecule has 0 aliphatic carbocycles. The summed E-state index contributed by atoms with van der Waals surface area (Å²) in [6, 6.07) is 0. The predicted octanol–water partition coefficient (Wildman–Crippen LogP) is 0.718. The Kier molecular flexibility index (Phi) is 2.44. The minimum absolute atomic E-state index is 0.0543. The van der Waals surface area contributed by atoms with Crippen LogP contribution < -0.4 is 0 Å². The van der Waals surface area contributed by atoms with Crippen LogP contribution in [0.4, 0.5) is 0 Å². The molecule has 0 aromatic rings. The highest BCUT2D eigenvalue weighted by molar-refractivity contribution is 8.00. The van der Waals surface area contributed by atoms with Crippen molar-refractivity contribution in [2.45, 2.75) is 30.6 Å². The maximum atomic E-state index is 10.3. The fraction of sp³-hybridized carbons (Fsp3) is 0.857. The molecule has 1 heterocycles. The molecule has 0 amide bonds. The third kappa shape index (κ3) is 1.87. The topological polar surface area (TPSA) is 57.5 Å². The van der Waals surface area contributed by atoms with Crippen LogP contribution in [0.1, 0.15) is 19.8 Å².